The molecule has 0 bridgehead atoms. The van der Waals surface area contributed by atoms with Gasteiger partial charge in [-0.2, -0.15) is 0 Å². The van der Waals surface area contributed by atoms with Crippen molar-refractivity contribution in [1.29, 1.82) is 0 Å². The fourth-order valence-corrected chi connectivity index (χ4v) is 2.40. The topological polar surface area (TPSA) is 64.9 Å². The van der Waals surface area contributed by atoms with E-state index in [0.29, 0.717) is 11.6 Å². The lowest BCUT2D eigenvalue weighted by molar-refractivity contribution is 1.34. The van der Waals surface area contributed by atoms with Crippen LogP contribution in [0.15, 0.2) is 48.5 Å². The summed E-state index contributed by atoms with van der Waals surface area (Å²) in [5.41, 5.74) is 14.9. The second kappa shape index (κ2) is 4.28. The zero-order valence-electron chi connectivity index (χ0n) is 10.7. The molecule has 0 fully saturated rings. The lowest BCUT2D eigenvalue weighted by atomic mass is 9.96. The maximum absolute atomic E-state index is 5.99. The van der Waals surface area contributed by atoms with Crippen LogP contribution in [-0.4, -0.2) is 4.98 Å². The zero-order chi connectivity index (χ0) is 13.4. The number of pyridine rings is 1. The predicted octanol–water partition coefficient (Wildman–Crippen LogP) is 3.37. The largest absolute Gasteiger partial charge is 0.384 e. The van der Waals surface area contributed by atoms with Crippen molar-refractivity contribution in [2.24, 2.45) is 0 Å². The third kappa shape index (κ3) is 1.89. The third-order valence-corrected chi connectivity index (χ3v) is 3.38. The molecule has 0 saturated carbocycles. The molecule has 2 aromatic carbocycles. The highest BCUT2D eigenvalue weighted by Crippen LogP contribution is 2.33. The third-order valence-electron chi connectivity index (χ3n) is 3.38. The van der Waals surface area contributed by atoms with E-state index in [-0.39, 0.29) is 0 Å². The van der Waals surface area contributed by atoms with Crippen LogP contribution in [0.25, 0.3) is 21.9 Å². The van der Waals surface area contributed by atoms with Gasteiger partial charge in [0, 0.05) is 5.56 Å². The highest BCUT2D eigenvalue weighted by molar-refractivity contribution is 6.00. The molecule has 19 heavy (non-hydrogen) atoms. The summed E-state index contributed by atoms with van der Waals surface area (Å²) >= 11 is 0. The molecule has 0 radical (unpaired) electrons. The van der Waals surface area contributed by atoms with Crippen molar-refractivity contribution in [3.8, 4) is 11.1 Å². The Balaban J connectivity index is 2.34. The fourth-order valence-electron chi connectivity index (χ4n) is 2.40. The van der Waals surface area contributed by atoms with Crippen LogP contribution in [0.2, 0.25) is 0 Å². The van der Waals surface area contributed by atoms with Gasteiger partial charge in [-0.1, -0.05) is 36.4 Å². The minimum atomic E-state index is 0.442. The Hall–Kier alpha value is -2.55. The lowest BCUT2D eigenvalue weighted by Crippen LogP contribution is -1.98. The van der Waals surface area contributed by atoms with E-state index < -0.39 is 0 Å². The molecule has 3 heteroatoms. The number of aryl methyl sites for hydroxylation is 1. The molecule has 3 rings (SSSR count). The van der Waals surface area contributed by atoms with E-state index in [9.17, 15) is 0 Å². The molecule has 3 aromatic rings. The Morgan fingerprint density at radius 3 is 2.21 bits per heavy atom. The number of nitrogens with zero attached hydrogens (tertiary/aromatic N) is 1. The van der Waals surface area contributed by atoms with Gasteiger partial charge in [0.2, 0.25) is 0 Å². The first-order valence-corrected chi connectivity index (χ1v) is 6.17. The van der Waals surface area contributed by atoms with Gasteiger partial charge in [-0.15, -0.1) is 0 Å². The molecule has 1 heterocycles. The lowest BCUT2D eigenvalue weighted by Gasteiger charge is -2.11. The van der Waals surface area contributed by atoms with Crippen molar-refractivity contribution < 1.29 is 0 Å². The number of hydrogen-bond donors (Lipinski definition) is 2. The van der Waals surface area contributed by atoms with Crippen molar-refractivity contribution in [3.63, 3.8) is 0 Å². The SMILES string of the molecule is Cc1ccc(-c2ccc(N)nc2N)c2ccccc12. The minimum absolute atomic E-state index is 0.442. The Labute approximate surface area is 111 Å². The summed E-state index contributed by atoms with van der Waals surface area (Å²) in [4.78, 5) is 4.13. The van der Waals surface area contributed by atoms with E-state index in [1.165, 1.54) is 16.3 Å². The first-order chi connectivity index (χ1) is 9.16. The molecular formula is C16H15N3. The van der Waals surface area contributed by atoms with Crippen LogP contribution >= 0.6 is 0 Å². The molecule has 0 aliphatic rings. The molecule has 94 valence electrons. The van der Waals surface area contributed by atoms with Crippen molar-refractivity contribution in [1.82, 2.24) is 4.98 Å². The van der Waals surface area contributed by atoms with E-state index in [2.05, 4.69) is 36.2 Å². The second-order valence-electron chi connectivity index (χ2n) is 4.64. The smallest absolute Gasteiger partial charge is 0.133 e. The molecule has 0 aliphatic heterocycles. The van der Waals surface area contributed by atoms with Gasteiger partial charge in [0.15, 0.2) is 0 Å². The average molecular weight is 249 g/mol. The van der Waals surface area contributed by atoms with Crippen molar-refractivity contribution in [2.45, 2.75) is 6.92 Å². The van der Waals surface area contributed by atoms with E-state index >= 15 is 0 Å². The highest BCUT2D eigenvalue weighted by Gasteiger charge is 2.09. The van der Waals surface area contributed by atoms with Gasteiger partial charge < -0.3 is 11.5 Å². The van der Waals surface area contributed by atoms with E-state index in [1.807, 2.05) is 18.2 Å². The molecule has 1 aromatic heterocycles. The van der Waals surface area contributed by atoms with Crippen LogP contribution in [0.4, 0.5) is 11.6 Å². The Morgan fingerprint density at radius 1 is 0.789 bits per heavy atom. The molecule has 0 saturated heterocycles. The van der Waals surface area contributed by atoms with Crippen molar-refractivity contribution in [3.05, 3.63) is 54.1 Å². The molecule has 0 unspecified atom stereocenters. The summed E-state index contributed by atoms with van der Waals surface area (Å²) in [5.74, 6) is 0.909. The van der Waals surface area contributed by atoms with E-state index in [1.54, 1.807) is 6.07 Å². The predicted molar refractivity (Wildman–Crippen MR) is 80.7 cm³/mol. The minimum Gasteiger partial charge on any atom is -0.384 e. The van der Waals surface area contributed by atoms with Crippen molar-refractivity contribution in [2.75, 3.05) is 11.5 Å². The molecule has 0 aliphatic carbocycles. The monoisotopic (exact) mass is 249 g/mol. The number of anilines is 2. The van der Waals surface area contributed by atoms with Crippen LogP contribution in [0, 0.1) is 6.92 Å². The second-order valence-corrected chi connectivity index (χ2v) is 4.64. The zero-order valence-corrected chi connectivity index (χ0v) is 10.7. The highest BCUT2D eigenvalue weighted by atomic mass is 14.9. The number of fused-ring (bicyclic) bond motifs is 1. The van der Waals surface area contributed by atoms with Gasteiger partial charge in [-0.3, -0.25) is 0 Å². The number of nitrogens with two attached hydrogens (primary N) is 2. The summed E-state index contributed by atoms with van der Waals surface area (Å²) in [5, 5.41) is 2.41. The quantitative estimate of drug-likeness (QED) is 0.695. The Bertz CT molecular complexity index is 763. The van der Waals surface area contributed by atoms with Crippen molar-refractivity contribution >= 4 is 22.4 Å². The maximum atomic E-state index is 5.99. The number of nitrogen functional groups attached to an aromatic ring is 2. The Kier molecular flexibility index (Phi) is 2.60. The van der Waals surface area contributed by atoms with Crippen LogP contribution in [-0.2, 0) is 0 Å². The number of aromatic nitrogens is 1. The molecule has 0 amide bonds. The molecule has 3 nitrogen and oxygen atoms in total. The summed E-state index contributed by atoms with van der Waals surface area (Å²) in [6, 6.07) is 16.2. The molecule has 4 N–H and O–H groups in total. The van der Waals surface area contributed by atoms with Gasteiger partial charge in [-0.25, -0.2) is 4.98 Å². The van der Waals surface area contributed by atoms with Gasteiger partial charge in [0.05, 0.1) is 0 Å². The summed E-state index contributed by atoms with van der Waals surface area (Å²) in [6.45, 7) is 2.11. The summed E-state index contributed by atoms with van der Waals surface area (Å²) in [6.07, 6.45) is 0. The summed E-state index contributed by atoms with van der Waals surface area (Å²) in [7, 11) is 0. The van der Waals surface area contributed by atoms with Gasteiger partial charge in [-0.05, 0) is 41.0 Å². The average Bonchev–Trinajstić information content (AvgIpc) is 2.41. The first-order valence-electron chi connectivity index (χ1n) is 6.17. The maximum Gasteiger partial charge on any atom is 0.133 e. The van der Waals surface area contributed by atoms with Gasteiger partial charge in [0.25, 0.3) is 0 Å². The van der Waals surface area contributed by atoms with Gasteiger partial charge in [0.1, 0.15) is 11.6 Å². The first kappa shape index (κ1) is 11.5. The van der Waals surface area contributed by atoms with Crippen LogP contribution < -0.4 is 11.5 Å². The van der Waals surface area contributed by atoms with E-state index in [4.69, 9.17) is 11.5 Å². The molecule has 0 atom stereocenters. The number of rotatable bonds is 1. The van der Waals surface area contributed by atoms with Gasteiger partial charge >= 0.3 is 0 Å². The molecule has 0 spiro atoms. The normalized spacial score (nSPS) is 10.8. The number of hydrogen-bond acceptors (Lipinski definition) is 3. The fraction of sp³-hybridized carbons (Fsp3) is 0.0625. The van der Waals surface area contributed by atoms with Crippen LogP contribution in [0.5, 0.6) is 0 Å². The molecular weight excluding hydrogens is 234 g/mol. The van der Waals surface area contributed by atoms with Crippen LogP contribution in [0.1, 0.15) is 5.56 Å². The van der Waals surface area contributed by atoms with Crippen LogP contribution in [0.3, 0.4) is 0 Å². The number of benzene rings is 2. The van der Waals surface area contributed by atoms with E-state index in [0.717, 1.165) is 11.1 Å². The standard InChI is InChI=1S/C16H15N3/c1-10-6-7-13(12-5-3-2-4-11(10)12)14-8-9-15(17)19-16(14)18/h2-9H,1H3,(H4,17,18,19). The summed E-state index contributed by atoms with van der Waals surface area (Å²) < 4.78 is 0. The Morgan fingerprint density at radius 2 is 1.47 bits per heavy atom.